The number of methoxy groups -OCH3 is 1. The Morgan fingerprint density at radius 1 is 1.00 bits per heavy atom. The first-order valence-corrected chi connectivity index (χ1v) is 11.2. The summed E-state index contributed by atoms with van der Waals surface area (Å²) in [5, 5.41) is 11.5. The number of carboxylic acids is 1. The molecule has 0 spiro atoms. The number of halogens is 2. The zero-order valence-corrected chi connectivity index (χ0v) is 19.5. The highest BCUT2D eigenvalue weighted by molar-refractivity contribution is 7.14. The maximum Gasteiger partial charge on any atom is 0.355 e. The van der Waals surface area contributed by atoms with Crippen LogP contribution in [-0.4, -0.2) is 29.1 Å². The molecule has 0 saturated carbocycles. The Morgan fingerprint density at radius 3 is 2.39 bits per heavy atom. The number of anilines is 2. The summed E-state index contributed by atoms with van der Waals surface area (Å²) in [6.45, 7) is 0. The number of aromatic carboxylic acids is 1. The predicted octanol–water partition coefficient (Wildman–Crippen LogP) is 6.80. The molecule has 0 aliphatic carbocycles. The van der Waals surface area contributed by atoms with Gasteiger partial charge in [0, 0.05) is 10.4 Å². The SMILES string of the molecule is COc1ccc(-c2cccc(N(C(=O)c3ccc(Cl)cc3Cl)c3nc(C(=O)O)cs3)c2)cc1. The molecule has 0 saturated heterocycles. The van der Waals surface area contributed by atoms with Gasteiger partial charge in [0.15, 0.2) is 10.8 Å². The summed E-state index contributed by atoms with van der Waals surface area (Å²) in [4.78, 5) is 30.5. The molecular formula is C24H16Cl2N2O4S. The maximum absolute atomic E-state index is 13.6. The molecule has 1 aromatic heterocycles. The summed E-state index contributed by atoms with van der Waals surface area (Å²) < 4.78 is 5.22. The molecule has 0 radical (unpaired) electrons. The van der Waals surface area contributed by atoms with E-state index >= 15 is 0 Å². The molecule has 166 valence electrons. The quantitative estimate of drug-likeness (QED) is 0.316. The number of carbonyl (C=O) groups is 2. The molecule has 1 amide bonds. The Kier molecular flexibility index (Phi) is 6.65. The first kappa shape index (κ1) is 22.8. The number of ether oxygens (including phenoxy) is 1. The first-order valence-electron chi connectivity index (χ1n) is 9.60. The molecule has 0 bridgehead atoms. The molecule has 0 aliphatic heterocycles. The number of thiazole rings is 1. The highest BCUT2D eigenvalue weighted by Crippen LogP contribution is 2.35. The van der Waals surface area contributed by atoms with Crippen molar-refractivity contribution >= 4 is 57.2 Å². The van der Waals surface area contributed by atoms with E-state index < -0.39 is 11.9 Å². The molecular weight excluding hydrogens is 483 g/mol. The van der Waals surface area contributed by atoms with Crippen LogP contribution in [0.4, 0.5) is 10.8 Å². The first-order chi connectivity index (χ1) is 15.9. The Morgan fingerprint density at radius 2 is 1.76 bits per heavy atom. The van der Waals surface area contributed by atoms with Crippen molar-refractivity contribution in [3.05, 3.63) is 93.4 Å². The summed E-state index contributed by atoms with van der Waals surface area (Å²) in [6.07, 6.45) is 0. The van der Waals surface area contributed by atoms with Gasteiger partial charge in [0.25, 0.3) is 5.91 Å². The number of carboxylic acid groups (broad SMARTS) is 1. The second-order valence-corrected chi connectivity index (χ2v) is 8.54. The van der Waals surface area contributed by atoms with Gasteiger partial charge in [0.1, 0.15) is 5.75 Å². The molecule has 4 rings (SSSR count). The van der Waals surface area contributed by atoms with Gasteiger partial charge < -0.3 is 9.84 Å². The van der Waals surface area contributed by atoms with Crippen LogP contribution in [0.1, 0.15) is 20.8 Å². The lowest BCUT2D eigenvalue weighted by molar-refractivity contribution is 0.0691. The number of hydrogen-bond acceptors (Lipinski definition) is 5. The van der Waals surface area contributed by atoms with Crippen molar-refractivity contribution in [2.24, 2.45) is 0 Å². The number of aromatic nitrogens is 1. The van der Waals surface area contributed by atoms with Crippen LogP contribution in [-0.2, 0) is 0 Å². The normalized spacial score (nSPS) is 10.6. The number of amides is 1. The average Bonchev–Trinajstić information content (AvgIpc) is 3.29. The molecule has 1 heterocycles. The van der Waals surface area contributed by atoms with Gasteiger partial charge in [-0.2, -0.15) is 0 Å². The van der Waals surface area contributed by atoms with Gasteiger partial charge in [-0.15, -0.1) is 11.3 Å². The second-order valence-electron chi connectivity index (χ2n) is 6.86. The van der Waals surface area contributed by atoms with Crippen molar-refractivity contribution in [3.63, 3.8) is 0 Å². The lowest BCUT2D eigenvalue weighted by Gasteiger charge is -2.21. The van der Waals surface area contributed by atoms with Crippen molar-refractivity contribution in [1.29, 1.82) is 0 Å². The van der Waals surface area contributed by atoms with E-state index in [2.05, 4.69) is 4.98 Å². The maximum atomic E-state index is 13.6. The lowest BCUT2D eigenvalue weighted by Crippen LogP contribution is -2.26. The third kappa shape index (κ3) is 4.85. The van der Waals surface area contributed by atoms with E-state index in [-0.39, 0.29) is 21.4 Å². The number of nitrogens with zero attached hydrogens (tertiary/aromatic N) is 2. The summed E-state index contributed by atoms with van der Waals surface area (Å²) in [6, 6.07) is 19.4. The topological polar surface area (TPSA) is 79.7 Å². The third-order valence-electron chi connectivity index (χ3n) is 4.79. The van der Waals surface area contributed by atoms with E-state index in [1.54, 1.807) is 19.2 Å². The largest absolute Gasteiger partial charge is 0.497 e. The molecule has 0 fully saturated rings. The van der Waals surface area contributed by atoms with Crippen molar-refractivity contribution in [3.8, 4) is 16.9 Å². The highest BCUT2D eigenvalue weighted by Gasteiger charge is 2.26. The molecule has 33 heavy (non-hydrogen) atoms. The van der Waals surface area contributed by atoms with Crippen molar-refractivity contribution in [2.75, 3.05) is 12.0 Å². The van der Waals surface area contributed by atoms with E-state index in [9.17, 15) is 14.7 Å². The zero-order valence-electron chi connectivity index (χ0n) is 17.2. The van der Waals surface area contributed by atoms with Crippen molar-refractivity contribution in [1.82, 2.24) is 4.98 Å². The van der Waals surface area contributed by atoms with Crippen LogP contribution in [0.15, 0.2) is 72.1 Å². The number of hydrogen-bond donors (Lipinski definition) is 1. The van der Waals surface area contributed by atoms with Crippen LogP contribution in [0.2, 0.25) is 10.0 Å². The number of benzene rings is 3. The van der Waals surface area contributed by atoms with Crippen molar-refractivity contribution < 1.29 is 19.4 Å². The predicted molar refractivity (Wildman–Crippen MR) is 130 cm³/mol. The summed E-state index contributed by atoms with van der Waals surface area (Å²) in [7, 11) is 1.60. The Labute approximate surface area is 203 Å². The van der Waals surface area contributed by atoms with Gasteiger partial charge in [-0.1, -0.05) is 47.5 Å². The molecule has 0 atom stereocenters. The minimum absolute atomic E-state index is 0.152. The van der Waals surface area contributed by atoms with Gasteiger partial charge in [0.2, 0.25) is 0 Å². The Balaban J connectivity index is 1.82. The van der Waals surface area contributed by atoms with Gasteiger partial charge in [0.05, 0.1) is 23.4 Å². The van der Waals surface area contributed by atoms with E-state index in [0.717, 1.165) is 28.2 Å². The van der Waals surface area contributed by atoms with Crippen LogP contribution in [0, 0.1) is 0 Å². The van der Waals surface area contributed by atoms with Gasteiger partial charge >= 0.3 is 5.97 Å². The molecule has 0 unspecified atom stereocenters. The Bertz CT molecular complexity index is 1340. The van der Waals surface area contributed by atoms with Crippen LogP contribution in [0.3, 0.4) is 0 Å². The summed E-state index contributed by atoms with van der Waals surface area (Å²) in [5.41, 5.74) is 2.33. The molecule has 4 aromatic rings. The monoisotopic (exact) mass is 498 g/mol. The van der Waals surface area contributed by atoms with Crippen LogP contribution >= 0.6 is 34.5 Å². The average molecular weight is 499 g/mol. The van der Waals surface area contributed by atoms with Crippen molar-refractivity contribution in [2.45, 2.75) is 0 Å². The summed E-state index contributed by atoms with van der Waals surface area (Å²) in [5.74, 6) is -0.913. The number of rotatable bonds is 6. The van der Waals surface area contributed by atoms with Gasteiger partial charge in [-0.05, 0) is 53.6 Å². The fourth-order valence-corrected chi connectivity index (χ4v) is 4.48. The minimum atomic E-state index is -1.18. The van der Waals surface area contributed by atoms with E-state index in [4.69, 9.17) is 27.9 Å². The van der Waals surface area contributed by atoms with Crippen LogP contribution in [0.25, 0.3) is 11.1 Å². The summed E-state index contributed by atoms with van der Waals surface area (Å²) >= 11 is 13.3. The molecule has 9 heteroatoms. The van der Waals surface area contributed by atoms with Gasteiger partial charge in [-0.25, -0.2) is 9.78 Å². The molecule has 0 aliphatic rings. The fourth-order valence-electron chi connectivity index (χ4n) is 3.17. The van der Waals surface area contributed by atoms with E-state index in [1.807, 2.05) is 42.5 Å². The lowest BCUT2D eigenvalue weighted by atomic mass is 10.0. The zero-order chi connectivity index (χ0) is 23.5. The molecule has 1 N–H and O–H groups in total. The third-order valence-corrected chi connectivity index (χ3v) is 6.17. The van der Waals surface area contributed by atoms with Crippen LogP contribution < -0.4 is 9.64 Å². The molecule has 6 nitrogen and oxygen atoms in total. The van der Waals surface area contributed by atoms with Crippen LogP contribution in [0.5, 0.6) is 5.75 Å². The smallest absolute Gasteiger partial charge is 0.355 e. The minimum Gasteiger partial charge on any atom is -0.497 e. The fraction of sp³-hybridized carbons (Fsp3) is 0.0417. The van der Waals surface area contributed by atoms with Gasteiger partial charge in [-0.3, -0.25) is 9.69 Å². The van der Waals surface area contributed by atoms with E-state index in [0.29, 0.717) is 10.7 Å². The number of carbonyl (C=O) groups excluding carboxylic acids is 1. The Hall–Kier alpha value is -3.39. The standard InChI is InChI=1S/C24H16Cl2N2O4S/c1-32-18-8-5-14(6-9-18)15-3-2-4-17(11-15)28(24-27-21(13-33-24)23(30)31)22(29)19-10-7-16(25)12-20(19)26/h2-13H,1H3,(H,30,31). The van der Waals surface area contributed by atoms with E-state index in [1.165, 1.54) is 22.4 Å². The molecule has 3 aromatic carbocycles. The highest BCUT2D eigenvalue weighted by atomic mass is 35.5. The second kappa shape index (κ2) is 9.62.